The van der Waals surface area contributed by atoms with E-state index in [4.69, 9.17) is 4.74 Å². The predicted octanol–water partition coefficient (Wildman–Crippen LogP) is 2.98. The largest absolute Gasteiger partial charge is 0.493 e. The van der Waals surface area contributed by atoms with Gasteiger partial charge in [0.1, 0.15) is 5.75 Å². The lowest BCUT2D eigenvalue weighted by molar-refractivity contribution is -0.129. The Labute approximate surface area is 129 Å². The summed E-state index contributed by atoms with van der Waals surface area (Å²) < 4.78 is 6.79. The molecule has 0 spiro atoms. The van der Waals surface area contributed by atoms with Crippen LogP contribution in [0.1, 0.15) is 31.9 Å². The highest BCUT2D eigenvalue weighted by atomic mass is 79.9. The van der Waals surface area contributed by atoms with Crippen molar-refractivity contribution in [3.8, 4) is 5.75 Å². The van der Waals surface area contributed by atoms with Crippen LogP contribution >= 0.6 is 15.9 Å². The van der Waals surface area contributed by atoms with Crippen molar-refractivity contribution in [2.45, 2.75) is 26.3 Å². The Bertz CT molecular complexity index is 449. The van der Waals surface area contributed by atoms with Gasteiger partial charge in [-0.1, -0.05) is 22.9 Å². The van der Waals surface area contributed by atoms with Crippen LogP contribution in [0.3, 0.4) is 0 Å². The van der Waals surface area contributed by atoms with Crippen molar-refractivity contribution in [1.29, 1.82) is 0 Å². The first-order valence-electron chi connectivity index (χ1n) is 6.81. The molecule has 0 saturated carbocycles. The van der Waals surface area contributed by atoms with Gasteiger partial charge in [0.25, 0.3) is 0 Å². The van der Waals surface area contributed by atoms with Crippen molar-refractivity contribution >= 4 is 21.8 Å². The second-order valence-electron chi connectivity index (χ2n) is 4.85. The van der Waals surface area contributed by atoms with E-state index in [9.17, 15) is 4.79 Å². The van der Waals surface area contributed by atoms with Gasteiger partial charge in [-0.2, -0.15) is 0 Å². The molecule has 0 saturated heterocycles. The number of rotatable bonds is 7. The van der Waals surface area contributed by atoms with Crippen molar-refractivity contribution in [3.63, 3.8) is 0 Å². The third-order valence-electron chi connectivity index (χ3n) is 3.02. The average Bonchev–Trinajstić information content (AvgIpc) is 2.40. The highest BCUT2D eigenvalue weighted by molar-refractivity contribution is 9.10. The summed E-state index contributed by atoms with van der Waals surface area (Å²) in [7, 11) is 3.50. The van der Waals surface area contributed by atoms with Crippen LogP contribution in [-0.4, -0.2) is 38.1 Å². The first-order chi connectivity index (χ1) is 9.45. The molecule has 1 atom stereocenters. The Morgan fingerprint density at radius 3 is 2.75 bits per heavy atom. The van der Waals surface area contributed by atoms with Crippen LogP contribution in [0.4, 0.5) is 0 Å². The fourth-order valence-electron chi connectivity index (χ4n) is 1.88. The second-order valence-corrected chi connectivity index (χ2v) is 5.76. The molecule has 0 aromatic heterocycles. The van der Waals surface area contributed by atoms with Crippen LogP contribution in [0, 0.1) is 0 Å². The summed E-state index contributed by atoms with van der Waals surface area (Å²) in [6.45, 7) is 5.46. The molecule has 0 heterocycles. The molecule has 0 aliphatic carbocycles. The number of benzene rings is 1. The standard InChI is InChI=1S/C15H23BrN2O2/c1-5-17-11(2)13-10-12(16)6-7-14(13)20-9-8-15(19)18(3)4/h6-7,10-11,17H,5,8-9H2,1-4H3. The second kappa shape index (κ2) is 8.27. The first-order valence-corrected chi connectivity index (χ1v) is 7.60. The molecule has 1 N–H and O–H groups in total. The van der Waals surface area contributed by atoms with Crippen molar-refractivity contribution in [2.75, 3.05) is 27.2 Å². The number of carbonyl (C=O) groups is 1. The van der Waals surface area contributed by atoms with E-state index in [0.29, 0.717) is 13.0 Å². The lowest BCUT2D eigenvalue weighted by Gasteiger charge is -2.18. The number of nitrogens with zero attached hydrogens (tertiary/aromatic N) is 1. The molecule has 5 heteroatoms. The van der Waals surface area contributed by atoms with Crippen LogP contribution in [-0.2, 0) is 4.79 Å². The molecule has 1 unspecified atom stereocenters. The van der Waals surface area contributed by atoms with Gasteiger partial charge in [-0.25, -0.2) is 0 Å². The number of carbonyl (C=O) groups excluding carboxylic acids is 1. The summed E-state index contributed by atoms with van der Waals surface area (Å²) in [5, 5.41) is 3.37. The fraction of sp³-hybridized carbons (Fsp3) is 0.533. The molecular weight excluding hydrogens is 320 g/mol. The Hall–Kier alpha value is -1.07. The van der Waals surface area contributed by atoms with Gasteiger partial charge in [-0.3, -0.25) is 4.79 Å². The Morgan fingerprint density at radius 2 is 2.15 bits per heavy atom. The zero-order valence-electron chi connectivity index (χ0n) is 12.6. The Kier molecular flexibility index (Phi) is 7.02. The van der Waals surface area contributed by atoms with E-state index in [2.05, 4.69) is 41.2 Å². The molecule has 0 aliphatic heterocycles. The fourth-order valence-corrected chi connectivity index (χ4v) is 2.26. The molecule has 1 amide bonds. The minimum absolute atomic E-state index is 0.0726. The van der Waals surface area contributed by atoms with E-state index in [1.807, 2.05) is 12.1 Å². The third-order valence-corrected chi connectivity index (χ3v) is 3.51. The lowest BCUT2D eigenvalue weighted by Crippen LogP contribution is -2.23. The zero-order chi connectivity index (χ0) is 15.1. The van der Waals surface area contributed by atoms with E-state index in [1.54, 1.807) is 19.0 Å². The number of hydrogen-bond acceptors (Lipinski definition) is 3. The zero-order valence-corrected chi connectivity index (χ0v) is 14.2. The van der Waals surface area contributed by atoms with Gasteiger partial charge in [0.05, 0.1) is 13.0 Å². The molecule has 0 radical (unpaired) electrons. The predicted molar refractivity (Wildman–Crippen MR) is 85.0 cm³/mol. The van der Waals surface area contributed by atoms with E-state index < -0.39 is 0 Å². The smallest absolute Gasteiger partial charge is 0.225 e. The molecule has 1 aromatic rings. The molecule has 0 bridgehead atoms. The molecular formula is C15H23BrN2O2. The number of amides is 1. The van der Waals surface area contributed by atoms with Crippen LogP contribution in [0.15, 0.2) is 22.7 Å². The van der Waals surface area contributed by atoms with E-state index >= 15 is 0 Å². The van der Waals surface area contributed by atoms with E-state index in [0.717, 1.165) is 22.3 Å². The third kappa shape index (κ3) is 5.13. The SMILES string of the molecule is CCNC(C)c1cc(Br)ccc1OCCC(=O)N(C)C. The van der Waals surface area contributed by atoms with Gasteiger partial charge in [0.15, 0.2) is 0 Å². The van der Waals surface area contributed by atoms with Gasteiger partial charge in [0, 0.05) is 30.2 Å². The van der Waals surface area contributed by atoms with Gasteiger partial charge in [-0.15, -0.1) is 0 Å². The Morgan fingerprint density at radius 1 is 1.45 bits per heavy atom. The van der Waals surface area contributed by atoms with Crippen molar-refractivity contribution in [1.82, 2.24) is 10.2 Å². The summed E-state index contributed by atoms with van der Waals surface area (Å²) in [5.74, 6) is 0.900. The van der Waals surface area contributed by atoms with Crippen molar-refractivity contribution in [2.24, 2.45) is 0 Å². The van der Waals surface area contributed by atoms with Gasteiger partial charge in [-0.05, 0) is 31.7 Å². The highest BCUT2D eigenvalue weighted by Gasteiger charge is 2.12. The maximum Gasteiger partial charge on any atom is 0.225 e. The van der Waals surface area contributed by atoms with Crippen LogP contribution < -0.4 is 10.1 Å². The molecule has 0 fully saturated rings. The van der Waals surface area contributed by atoms with Crippen molar-refractivity contribution < 1.29 is 9.53 Å². The monoisotopic (exact) mass is 342 g/mol. The number of hydrogen-bond donors (Lipinski definition) is 1. The minimum Gasteiger partial charge on any atom is -0.493 e. The summed E-state index contributed by atoms with van der Waals surface area (Å²) >= 11 is 3.48. The van der Waals surface area contributed by atoms with Crippen LogP contribution in [0.2, 0.25) is 0 Å². The normalized spacial score (nSPS) is 12.1. The van der Waals surface area contributed by atoms with Crippen LogP contribution in [0.5, 0.6) is 5.75 Å². The molecule has 0 aliphatic rings. The lowest BCUT2D eigenvalue weighted by atomic mass is 10.1. The Balaban J connectivity index is 2.71. The van der Waals surface area contributed by atoms with Gasteiger partial charge < -0.3 is 15.0 Å². The molecule has 1 aromatic carbocycles. The van der Waals surface area contributed by atoms with Gasteiger partial charge >= 0.3 is 0 Å². The van der Waals surface area contributed by atoms with Gasteiger partial charge in [0.2, 0.25) is 5.91 Å². The van der Waals surface area contributed by atoms with Crippen LogP contribution in [0.25, 0.3) is 0 Å². The molecule has 20 heavy (non-hydrogen) atoms. The first kappa shape index (κ1) is 17.0. The summed E-state index contributed by atoms with van der Waals surface area (Å²) in [4.78, 5) is 13.1. The number of halogens is 1. The summed E-state index contributed by atoms with van der Waals surface area (Å²) in [6, 6.07) is 6.15. The quantitative estimate of drug-likeness (QED) is 0.828. The van der Waals surface area contributed by atoms with Crippen molar-refractivity contribution in [3.05, 3.63) is 28.2 Å². The topological polar surface area (TPSA) is 41.6 Å². The number of nitrogens with one attached hydrogen (secondary N) is 1. The molecule has 1 rings (SSSR count). The van der Waals surface area contributed by atoms with E-state index in [1.165, 1.54) is 0 Å². The highest BCUT2D eigenvalue weighted by Crippen LogP contribution is 2.28. The summed E-state index contributed by atoms with van der Waals surface area (Å²) in [5.41, 5.74) is 1.10. The molecule has 4 nitrogen and oxygen atoms in total. The maximum absolute atomic E-state index is 11.5. The minimum atomic E-state index is 0.0726. The van der Waals surface area contributed by atoms with E-state index in [-0.39, 0.29) is 11.9 Å². The maximum atomic E-state index is 11.5. The number of ether oxygens (including phenoxy) is 1. The average molecular weight is 343 g/mol. The summed E-state index contributed by atoms with van der Waals surface area (Å²) in [6.07, 6.45) is 0.387. The molecule has 112 valence electrons.